The predicted octanol–water partition coefficient (Wildman–Crippen LogP) is 4.99. The van der Waals surface area contributed by atoms with Crippen molar-refractivity contribution in [2.24, 2.45) is 5.92 Å². The quantitative estimate of drug-likeness (QED) is 0.432. The van der Waals surface area contributed by atoms with Gasteiger partial charge >= 0.3 is 0 Å². The van der Waals surface area contributed by atoms with Crippen LogP contribution in [0.1, 0.15) is 82.5 Å². The molecule has 0 saturated carbocycles. The molecule has 174 valence electrons. The van der Waals surface area contributed by atoms with Gasteiger partial charge in [-0.15, -0.1) is 0 Å². The third kappa shape index (κ3) is 8.90. The van der Waals surface area contributed by atoms with Crippen LogP contribution in [0.4, 0.5) is 11.4 Å². The number of unbranched alkanes of at least 4 members (excludes halogenated alkanes) is 3. The molecule has 0 atom stereocenters. The number of benzene rings is 1. The molecule has 6 nitrogen and oxygen atoms in total. The number of piperidine rings is 1. The van der Waals surface area contributed by atoms with Crippen molar-refractivity contribution in [1.29, 1.82) is 0 Å². The average Bonchev–Trinajstić information content (AvgIpc) is 2.77. The Balaban J connectivity index is 2.06. The van der Waals surface area contributed by atoms with Crippen LogP contribution in [0.5, 0.6) is 0 Å². The van der Waals surface area contributed by atoms with Gasteiger partial charge in [0.1, 0.15) is 0 Å². The number of rotatable bonds is 13. The first-order valence-electron chi connectivity index (χ1n) is 12.1. The van der Waals surface area contributed by atoms with E-state index >= 15 is 0 Å². The number of hydrogen-bond donors (Lipinski definition) is 2. The molecule has 0 aliphatic carbocycles. The molecule has 0 unspecified atom stereocenters. The summed E-state index contributed by atoms with van der Waals surface area (Å²) in [4.78, 5) is 27.6. The van der Waals surface area contributed by atoms with E-state index < -0.39 is 0 Å². The lowest BCUT2D eigenvalue weighted by molar-refractivity contribution is -0.116. The van der Waals surface area contributed by atoms with Crippen molar-refractivity contribution in [3.05, 3.63) is 23.8 Å². The zero-order valence-electron chi connectivity index (χ0n) is 19.7. The third-order valence-electron chi connectivity index (χ3n) is 5.86. The van der Waals surface area contributed by atoms with Gasteiger partial charge in [-0.1, -0.05) is 33.1 Å². The van der Waals surface area contributed by atoms with E-state index in [1.165, 1.54) is 0 Å². The van der Waals surface area contributed by atoms with E-state index in [1.54, 1.807) is 0 Å². The Bertz CT molecular complexity index is 685. The van der Waals surface area contributed by atoms with Gasteiger partial charge in [0, 0.05) is 50.6 Å². The molecule has 0 bridgehead atoms. The summed E-state index contributed by atoms with van der Waals surface area (Å²) < 4.78 is 5.35. The zero-order chi connectivity index (χ0) is 22.5. The van der Waals surface area contributed by atoms with Gasteiger partial charge in [0.15, 0.2) is 0 Å². The van der Waals surface area contributed by atoms with Gasteiger partial charge in [0.2, 0.25) is 5.91 Å². The molecule has 2 amide bonds. The molecule has 1 heterocycles. The largest absolute Gasteiger partial charge is 0.382 e. The minimum absolute atomic E-state index is 0.0127. The fraction of sp³-hybridized carbons (Fsp3) is 0.680. The molecular formula is C25H41N3O3. The van der Waals surface area contributed by atoms with Gasteiger partial charge in [-0.2, -0.15) is 0 Å². The second-order valence-corrected chi connectivity index (χ2v) is 8.57. The number of nitrogens with zero attached hydrogens (tertiary/aromatic N) is 1. The van der Waals surface area contributed by atoms with Gasteiger partial charge in [-0.05, 0) is 56.7 Å². The van der Waals surface area contributed by atoms with Crippen LogP contribution in [-0.2, 0) is 9.53 Å². The summed E-state index contributed by atoms with van der Waals surface area (Å²) in [5.41, 5.74) is 2.28. The van der Waals surface area contributed by atoms with Gasteiger partial charge in [-0.3, -0.25) is 9.59 Å². The normalized spacial score (nSPS) is 14.5. The Morgan fingerprint density at radius 3 is 2.58 bits per heavy atom. The van der Waals surface area contributed by atoms with Crippen molar-refractivity contribution in [3.63, 3.8) is 0 Å². The number of ether oxygens (including phenoxy) is 1. The minimum atomic E-state index is -0.0934. The van der Waals surface area contributed by atoms with Crippen LogP contribution in [0.25, 0.3) is 0 Å². The van der Waals surface area contributed by atoms with E-state index in [2.05, 4.69) is 29.4 Å². The number of carbonyl (C=O) groups excluding carboxylic acids is 2. The topological polar surface area (TPSA) is 70.7 Å². The maximum absolute atomic E-state index is 13.0. The summed E-state index contributed by atoms with van der Waals surface area (Å²) in [6, 6.07) is 5.73. The maximum Gasteiger partial charge on any atom is 0.253 e. The van der Waals surface area contributed by atoms with E-state index in [0.29, 0.717) is 37.4 Å². The first kappa shape index (κ1) is 25.2. The van der Waals surface area contributed by atoms with Gasteiger partial charge in [0.25, 0.3) is 5.91 Å². The molecule has 31 heavy (non-hydrogen) atoms. The molecule has 1 aromatic rings. The van der Waals surface area contributed by atoms with Gasteiger partial charge < -0.3 is 20.3 Å². The molecular weight excluding hydrogens is 390 g/mol. The lowest BCUT2D eigenvalue weighted by Crippen LogP contribution is -2.35. The Labute approximate surface area is 188 Å². The Kier molecular flexibility index (Phi) is 11.4. The van der Waals surface area contributed by atoms with Crippen molar-refractivity contribution >= 4 is 23.2 Å². The van der Waals surface area contributed by atoms with Gasteiger partial charge in [0.05, 0.1) is 5.56 Å². The number of carbonyl (C=O) groups is 2. The van der Waals surface area contributed by atoms with Crippen LogP contribution in [0.3, 0.4) is 0 Å². The van der Waals surface area contributed by atoms with E-state index in [1.807, 2.05) is 25.1 Å². The van der Waals surface area contributed by atoms with Crippen molar-refractivity contribution in [3.8, 4) is 0 Å². The Morgan fingerprint density at radius 1 is 1.10 bits per heavy atom. The number of anilines is 2. The van der Waals surface area contributed by atoms with Crippen molar-refractivity contribution in [1.82, 2.24) is 5.32 Å². The number of hydrogen-bond acceptors (Lipinski definition) is 4. The molecule has 1 aliphatic rings. The monoisotopic (exact) mass is 431 g/mol. The first-order chi connectivity index (χ1) is 15.0. The van der Waals surface area contributed by atoms with E-state index in [0.717, 1.165) is 69.6 Å². The summed E-state index contributed by atoms with van der Waals surface area (Å²) in [7, 11) is 0. The van der Waals surface area contributed by atoms with Crippen LogP contribution in [-0.4, -0.2) is 44.7 Å². The second kappa shape index (κ2) is 14.1. The molecule has 0 aromatic heterocycles. The zero-order valence-corrected chi connectivity index (χ0v) is 19.7. The third-order valence-corrected chi connectivity index (χ3v) is 5.86. The van der Waals surface area contributed by atoms with E-state index in [9.17, 15) is 9.59 Å². The molecule has 1 fully saturated rings. The highest BCUT2D eigenvalue weighted by atomic mass is 16.5. The fourth-order valence-corrected chi connectivity index (χ4v) is 3.87. The highest BCUT2D eigenvalue weighted by molar-refractivity contribution is 6.02. The van der Waals surface area contributed by atoms with Crippen LogP contribution in [0.2, 0.25) is 0 Å². The molecule has 1 aliphatic heterocycles. The first-order valence-corrected chi connectivity index (χ1v) is 12.1. The van der Waals surface area contributed by atoms with Crippen LogP contribution < -0.4 is 15.5 Å². The standard InChI is InChI=1S/C25H41N3O3/c1-4-6-7-8-10-24(29)27-21-11-12-23(28-16-13-20(3)14-17-28)22(19-21)25(30)26-15-9-18-31-5-2/h11-12,19-20H,4-10,13-18H2,1-3H3,(H,26,30)(H,27,29). The second-order valence-electron chi connectivity index (χ2n) is 8.57. The number of nitrogens with one attached hydrogen (secondary N) is 2. The molecule has 6 heteroatoms. The Morgan fingerprint density at radius 2 is 1.87 bits per heavy atom. The van der Waals surface area contributed by atoms with Crippen molar-refractivity contribution in [2.45, 2.75) is 72.1 Å². The molecule has 1 aromatic carbocycles. The van der Waals surface area contributed by atoms with Crippen molar-refractivity contribution < 1.29 is 14.3 Å². The average molecular weight is 432 g/mol. The summed E-state index contributed by atoms with van der Waals surface area (Å²) in [6.07, 6.45) is 7.85. The molecule has 0 spiro atoms. The fourth-order valence-electron chi connectivity index (χ4n) is 3.87. The lowest BCUT2D eigenvalue weighted by Gasteiger charge is -2.33. The van der Waals surface area contributed by atoms with Crippen LogP contribution in [0, 0.1) is 5.92 Å². The molecule has 1 saturated heterocycles. The predicted molar refractivity (Wildman–Crippen MR) is 128 cm³/mol. The summed E-state index contributed by atoms with van der Waals surface area (Å²) in [5.74, 6) is 0.640. The minimum Gasteiger partial charge on any atom is -0.382 e. The maximum atomic E-state index is 13.0. The van der Waals surface area contributed by atoms with Gasteiger partial charge in [-0.25, -0.2) is 0 Å². The van der Waals surface area contributed by atoms with E-state index in [-0.39, 0.29) is 11.8 Å². The molecule has 2 N–H and O–H groups in total. The van der Waals surface area contributed by atoms with E-state index in [4.69, 9.17) is 4.74 Å². The SMILES string of the molecule is CCCCCCC(=O)Nc1ccc(N2CCC(C)CC2)c(C(=O)NCCCOCC)c1. The number of amides is 2. The molecule has 2 rings (SSSR count). The lowest BCUT2D eigenvalue weighted by atomic mass is 9.97. The van der Waals surface area contributed by atoms with Crippen molar-refractivity contribution in [2.75, 3.05) is 43.1 Å². The summed E-state index contributed by atoms with van der Waals surface area (Å²) in [6.45, 7) is 10.2. The Hall–Kier alpha value is -2.08. The summed E-state index contributed by atoms with van der Waals surface area (Å²) >= 11 is 0. The van der Waals surface area contributed by atoms with Crippen LogP contribution in [0.15, 0.2) is 18.2 Å². The molecule has 0 radical (unpaired) electrons. The van der Waals surface area contributed by atoms with Crippen LogP contribution >= 0.6 is 0 Å². The highest BCUT2D eigenvalue weighted by Gasteiger charge is 2.21. The summed E-state index contributed by atoms with van der Waals surface area (Å²) in [5, 5.41) is 5.99. The highest BCUT2D eigenvalue weighted by Crippen LogP contribution is 2.29. The smallest absolute Gasteiger partial charge is 0.253 e.